The summed E-state index contributed by atoms with van der Waals surface area (Å²) in [6.07, 6.45) is 3.79. The smallest absolute Gasteiger partial charge is 0.266 e. The monoisotopic (exact) mass is 269 g/mol. The van der Waals surface area contributed by atoms with Gasteiger partial charge < -0.3 is 0 Å². The summed E-state index contributed by atoms with van der Waals surface area (Å²) in [6, 6.07) is 1.54. The zero-order valence-electron chi connectivity index (χ0n) is 9.40. The van der Waals surface area contributed by atoms with Gasteiger partial charge in [-0.3, -0.25) is 14.8 Å². The predicted molar refractivity (Wildman–Crippen MR) is 63.9 cm³/mol. The molecule has 0 aliphatic carbocycles. The molecule has 0 saturated carbocycles. The highest BCUT2D eigenvalue weighted by Gasteiger charge is 2.16. The van der Waals surface area contributed by atoms with E-state index in [9.17, 15) is 8.42 Å². The average Bonchev–Trinajstić information content (AvgIpc) is 2.74. The van der Waals surface area contributed by atoms with Crippen LogP contribution in [0.5, 0.6) is 0 Å². The molecule has 0 fully saturated rings. The zero-order chi connectivity index (χ0) is 13.2. The molecule has 9 nitrogen and oxygen atoms in total. The molecule has 0 aliphatic rings. The van der Waals surface area contributed by atoms with Crippen molar-refractivity contribution in [1.82, 2.24) is 19.7 Å². The van der Waals surface area contributed by atoms with Crippen LogP contribution in [-0.4, -0.2) is 28.2 Å². The lowest BCUT2D eigenvalue weighted by Crippen LogP contribution is -2.17. The summed E-state index contributed by atoms with van der Waals surface area (Å²) in [5, 5.41) is 3.85. The molecule has 0 aliphatic heterocycles. The number of hydrogen-bond donors (Lipinski definition) is 3. The molecule has 10 heteroatoms. The second-order valence-corrected chi connectivity index (χ2v) is 5.01. The van der Waals surface area contributed by atoms with Gasteiger partial charge in [0, 0.05) is 13.1 Å². The van der Waals surface area contributed by atoms with E-state index in [1.54, 1.807) is 7.05 Å². The van der Waals surface area contributed by atoms with Crippen molar-refractivity contribution < 1.29 is 8.42 Å². The van der Waals surface area contributed by atoms with Gasteiger partial charge in [0.15, 0.2) is 0 Å². The first-order valence-electron chi connectivity index (χ1n) is 4.82. The van der Waals surface area contributed by atoms with E-state index < -0.39 is 10.0 Å². The van der Waals surface area contributed by atoms with E-state index in [1.807, 2.05) is 0 Å². The van der Waals surface area contributed by atoms with Gasteiger partial charge in [0.25, 0.3) is 10.0 Å². The SMILES string of the molecule is Cn1nccc1NS(=O)(=O)c1cnc(NN)nc1. The molecule has 2 rings (SSSR count). The predicted octanol–water partition coefficient (Wildman–Crippen LogP) is -0.703. The maximum absolute atomic E-state index is 12.0. The summed E-state index contributed by atoms with van der Waals surface area (Å²) >= 11 is 0. The third-order valence-corrected chi connectivity index (χ3v) is 3.44. The fourth-order valence-corrected chi connectivity index (χ4v) is 2.18. The molecule has 2 aromatic rings. The van der Waals surface area contributed by atoms with Crippen LogP contribution in [0.25, 0.3) is 0 Å². The number of anilines is 2. The fraction of sp³-hybridized carbons (Fsp3) is 0.125. The van der Waals surface area contributed by atoms with Crippen molar-refractivity contribution in [2.24, 2.45) is 12.9 Å². The van der Waals surface area contributed by atoms with Crippen molar-refractivity contribution in [1.29, 1.82) is 0 Å². The largest absolute Gasteiger partial charge is 0.292 e. The van der Waals surface area contributed by atoms with E-state index in [0.717, 1.165) is 12.4 Å². The highest BCUT2D eigenvalue weighted by Crippen LogP contribution is 2.13. The summed E-state index contributed by atoms with van der Waals surface area (Å²) in [5.74, 6) is 5.56. The van der Waals surface area contributed by atoms with Crippen molar-refractivity contribution in [3.63, 3.8) is 0 Å². The highest BCUT2D eigenvalue weighted by atomic mass is 32.2. The van der Waals surface area contributed by atoms with Gasteiger partial charge in [0.2, 0.25) is 5.95 Å². The molecule has 4 N–H and O–H groups in total. The van der Waals surface area contributed by atoms with E-state index >= 15 is 0 Å². The second-order valence-electron chi connectivity index (χ2n) is 3.33. The van der Waals surface area contributed by atoms with E-state index in [4.69, 9.17) is 5.84 Å². The standard InChI is InChI=1S/C8H11N7O2S/c1-15-7(2-3-12-15)14-18(16,17)6-4-10-8(13-9)11-5-6/h2-5,14H,9H2,1H3,(H,10,11,13). The third kappa shape index (κ3) is 2.38. The van der Waals surface area contributed by atoms with Crippen LogP contribution in [0.1, 0.15) is 0 Å². The van der Waals surface area contributed by atoms with E-state index in [0.29, 0.717) is 5.82 Å². The van der Waals surface area contributed by atoms with Gasteiger partial charge in [-0.1, -0.05) is 0 Å². The first kappa shape index (κ1) is 12.3. The lowest BCUT2D eigenvalue weighted by atomic mass is 10.7. The van der Waals surface area contributed by atoms with Gasteiger partial charge in [0.1, 0.15) is 10.7 Å². The highest BCUT2D eigenvalue weighted by molar-refractivity contribution is 7.92. The molecule has 0 atom stereocenters. The zero-order valence-corrected chi connectivity index (χ0v) is 10.2. The number of nitrogens with one attached hydrogen (secondary N) is 2. The van der Waals surface area contributed by atoms with Gasteiger partial charge >= 0.3 is 0 Å². The number of nitrogens with zero attached hydrogens (tertiary/aromatic N) is 4. The van der Waals surface area contributed by atoms with Gasteiger partial charge in [0.05, 0.1) is 18.6 Å². The lowest BCUT2D eigenvalue weighted by molar-refractivity contribution is 0.599. The van der Waals surface area contributed by atoms with E-state index in [1.165, 1.54) is 16.9 Å². The van der Waals surface area contributed by atoms with Crippen molar-refractivity contribution in [3.8, 4) is 0 Å². The summed E-state index contributed by atoms with van der Waals surface area (Å²) in [5.41, 5.74) is 2.21. The van der Waals surface area contributed by atoms with E-state index in [2.05, 4.69) is 25.2 Å². The molecular weight excluding hydrogens is 258 g/mol. The third-order valence-electron chi connectivity index (χ3n) is 2.13. The molecule has 2 aromatic heterocycles. The minimum atomic E-state index is -3.74. The summed E-state index contributed by atoms with van der Waals surface area (Å²) in [7, 11) is -2.11. The molecule has 0 radical (unpaired) electrons. The second kappa shape index (κ2) is 4.58. The number of aryl methyl sites for hydroxylation is 1. The van der Waals surface area contributed by atoms with Crippen molar-refractivity contribution in [3.05, 3.63) is 24.7 Å². The number of sulfonamides is 1. The Kier molecular flexibility index (Phi) is 3.12. The van der Waals surface area contributed by atoms with Crippen LogP contribution in [0.15, 0.2) is 29.6 Å². The Morgan fingerprint density at radius 1 is 1.33 bits per heavy atom. The summed E-state index contributed by atoms with van der Waals surface area (Å²) in [4.78, 5) is 7.39. The van der Waals surface area contributed by atoms with Gasteiger partial charge in [-0.15, -0.1) is 0 Å². The topological polar surface area (TPSA) is 128 Å². The number of hydrogen-bond acceptors (Lipinski definition) is 7. The van der Waals surface area contributed by atoms with Crippen molar-refractivity contribution >= 4 is 21.8 Å². The Morgan fingerprint density at radius 2 is 2.00 bits per heavy atom. The van der Waals surface area contributed by atoms with Gasteiger partial charge in [-0.05, 0) is 0 Å². The van der Waals surface area contributed by atoms with Gasteiger partial charge in [-0.25, -0.2) is 24.2 Å². The minimum Gasteiger partial charge on any atom is -0.292 e. The normalized spacial score (nSPS) is 11.2. The Labute approximate surface area is 103 Å². The van der Waals surface area contributed by atoms with Crippen LogP contribution in [0.3, 0.4) is 0 Å². The maximum Gasteiger partial charge on any atom is 0.266 e. The number of aromatic nitrogens is 4. The van der Waals surface area contributed by atoms with Crippen LogP contribution < -0.4 is 16.0 Å². The number of rotatable bonds is 4. The molecule has 0 saturated heterocycles. The molecule has 0 unspecified atom stereocenters. The molecule has 0 bridgehead atoms. The lowest BCUT2D eigenvalue weighted by Gasteiger charge is -2.07. The number of nitrogens with two attached hydrogens (primary N) is 1. The van der Waals surface area contributed by atoms with Crippen molar-refractivity contribution in [2.45, 2.75) is 4.90 Å². The van der Waals surface area contributed by atoms with Crippen LogP contribution in [0, 0.1) is 0 Å². The first-order valence-corrected chi connectivity index (χ1v) is 6.31. The Hall–Kier alpha value is -2.20. The molecule has 96 valence electrons. The molecule has 18 heavy (non-hydrogen) atoms. The van der Waals surface area contributed by atoms with E-state index in [-0.39, 0.29) is 10.8 Å². The molecule has 2 heterocycles. The van der Waals surface area contributed by atoms with Crippen LogP contribution in [0.4, 0.5) is 11.8 Å². The first-order chi connectivity index (χ1) is 8.53. The van der Waals surface area contributed by atoms with Gasteiger partial charge in [-0.2, -0.15) is 5.10 Å². The molecular formula is C8H11N7O2S. The van der Waals surface area contributed by atoms with Crippen LogP contribution >= 0.6 is 0 Å². The molecule has 0 aromatic carbocycles. The average molecular weight is 269 g/mol. The summed E-state index contributed by atoms with van der Waals surface area (Å²) < 4.78 is 27.7. The van der Waals surface area contributed by atoms with Crippen LogP contribution in [0.2, 0.25) is 0 Å². The fourth-order valence-electron chi connectivity index (χ4n) is 1.20. The number of nitrogen functional groups attached to an aromatic ring is 1. The molecule has 0 amide bonds. The van der Waals surface area contributed by atoms with Crippen LogP contribution in [-0.2, 0) is 17.1 Å². The van der Waals surface area contributed by atoms with Crippen molar-refractivity contribution in [2.75, 3.05) is 10.1 Å². The minimum absolute atomic E-state index is 0.0669. The Morgan fingerprint density at radius 3 is 2.50 bits per heavy atom. The Bertz CT molecular complexity index is 634. The number of hydrazine groups is 1. The maximum atomic E-state index is 12.0. The Balaban J connectivity index is 2.28. The molecule has 0 spiro atoms. The quantitative estimate of drug-likeness (QED) is 0.494. The summed E-state index contributed by atoms with van der Waals surface area (Å²) in [6.45, 7) is 0.